The lowest BCUT2D eigenvalue weighted by atomic mass is 9.83. The number of allylic oxidation sites excluding steroid dienone is 6. The first kappa shape index (κ1) is 8.80. The van der Waals surface area contributed by atoms with Crippen LogP contribution in [0.2, 0.25) is 0 Å². The van der Waals surface area contributed by atoms with E-state index in [1.807, 2.05) is 0 Å². The van der Waals surface area contributed by atoms with E-state index in [9.17, 15) is 0 Å². The third-order valence-electron chi connectivity index (χ3n) is 3.10. The van der Waals surface area contributed by atoms with Crippen molar-refractivity contribution >= 4 is 0 Å². The molecule has 0 radical (unpaired) electrons. The molecule has 13 heavy (non-hydrogen) atoms. The summed E-state index contributed by atoms with van der Waals surface area (Å²) >= 11 is 0. The van der Waals surface area contributed by atoms with Crippen LogP contribution < -0.4 is 0 Å². The second kappa shape index (κ2) is 3.53. The lowest BCUT2D eigenvalue weighted by Gasteiger charge is -2.22. The van der Waals surface area contributed by atoms with E-state index in [0.717, 1.165) is 5.92 Å². The van der Waals surface area contributed by atoms with Gasteiger partial charge in [0, 0.05) is 0 Å². The van der Waals surface area contributed by atoms with Gasteiger partial charge in [-0.2, -0.15) is 0 Å². The predicted octanol–water partition coefficient (Wildman–Crippen LogP) is 4.01. The van der Waals surface area contributed by atoms with E-state index in [-0.39, 0.29) is 0 Å². The van der Waals surface area contributed by atoms with Crippen LogP contribution in [0.3, 0.4) is 0 Å². The van der Waals surface area contributed by atoms with Crippen molar-refractivity contribution < 1.29 is 0 Å². The first-order valence-electron chi connectivity index (χ1n) is 5.36. The smallest absolute Gasteiger partial charge is 0.0239 e. The molecule has 0 bridgehead atoms. The van der Waals surface area contributed by atoms with Gasteiger partial charge in [0.15, 0.2) is 0 Å². The molecule has 0 aromatic heterocycles. The van der Waals surface area contributed by atoms with Gasteiger partial charge in [-0.25, -0.2) is 0 Å². The summed E-state index contributed by atoms with van der Waals surface area (Å²) < 4.78 is 0. The Hall–Kier alpha value is -0.780. The number of rotatable bonds is 1. The Bertz CT molecular complexity index is 287. The molecule has 0 unspecified atom stereocenters. The molecule has 0 amide bonds. The summed E-state index contributed by atoms with van der Waals surface area (Å²) in [6.45, 7) is 4.60. The summed E-state index contributed by atoms with van der Waals surface area (Å²) in [6.07, 6.45) is 12.1. The van der Waals surface area contributed by atoms with Crippen LogP contribution in [0.5, 0.6) is 0 Å². The maximum absolute atomic E-state index is 2.45. The molecule has 0 aliphatic heterocycles. The fourth-order valence-corrected chi connectivity index (χ4v) is 2.17. The highest BCUT2D eigenvalue weighted by Gasteiger charge is 2.14. The average molecular weight is 174 g/mol. The highest BCUT2D eigenvalue weighted by atomic mass is 14.2. The molecule has 0 atom stereocenters. The summed E-state index contributed by atoms with van der Waals surface area (Å²) in [6, 6.07) is 0. The zero-order valence-electron chi connectivity index (χ0n) is 8.64. The minimum Gasteiger partial charge on any atom is -0.0839 e. The molecule has 0 spiro atoms. The van der Waals surface area contributed by atoms with E-state index in [0.29, 0.717) is 0 Å². The zero-order valence-corrected chi connectivity index (χ0v) is 8.64. The van der Waals surface area contributed by atoms with Crippen LogP contribution in [0.4, 0.5) is 0 Å². The van der Waals surface area contributed by atoms with Crippen LogP contribution in [0.15, 0.2) is 34.9 Å². The van der Waals surface area contributed by atoms with Crippen LogP contribution in [0, 0.1) is 5.92 Å². The monoisotopic (exact) mass is 174 g/mol. The zero-order chi connectivity index (χ0) is 9.26. The van der Waals surface area contributed by atoms with Crippen LogP contribution in [-0.4, -0.2) is 0 Å². The van der Waals surface area contributed by atoms with Gasteiger partial charge in [-0.1, -0.05) is 37.6 Å². The minimum atomic E-state index is 0.736. The summed E-state index contributed by atoms with van der Waals surface area (Å²) in [5.74, 6) is 0.736. The second-order valence-corrected chi connectivity index (χ2v) is 4.37. The molecule has 0 aromatic carbocycles. The van der Waals surface area contributed by atoms with Crippen molar-refractivity contribution in [1.29, 1.82) is 0 Å². The van der Waals surface area contributed by atoms with Gasteiger partial charge in [-0.05, 0) is 42.7 Å². The third kappa shape index (κ3) is 1.77. The Morgan fingerprint density at radius 2 is 1.92 bits per heavy atom. The first-order valence-corrected chi connectivity index (χ1v) is 5.36. The molecule has 2 rings (SSSR count). The number of hydrogen-bond acceptors (Lipinski definition) is 0. The van der Waals surface area contributed by atoms with Gasteiger partial charge in [0.1, 0.15) is 0 Å². The SMILES string of the molecule is CC(C)C1=CC2=C(C=CCC2)CC1. The normalized spacial score (nSPS) is 21.9. The van der Waals surface area contributed by atoms with E-state index < -0.39 is 0 Å². The van der Waals surface area contributed by atoms with Crippen molar-refractivity contribution in [3.63, 3.8) is 0 Å². The average Bonchev–Trinajstić information content (AvgIpc) is 2.17. The number of hydrogen-bond donors (Lipinski definition) is 0. The molecule has 0 heterocycles. The largest absolute Gasteiger partial charge is 0.0839 e. The molecule has 0 N–H and O–H groups in total. The Morgan fingerprint density at radius 1 is 1.08 bits per heavy atom. The Labute approximate surface area is 81.0 Å². The Kier molecular flexibility index (Phi) is 2.39. The molecule has 0 aromatic rings. The molecule has 0 fully saturated rings. The summed E-state index contributed by atoms with van der Waals surface area (Å²) in [4.78, 5) is 0. The predicted molar refractivity (Wildman–Crippen MR) is 57.6 cm³/mol. The molecule has 2 aliphatic carbocycles. The molecule has 0 saturated heterocycles. The van der Waals surface area contributed by atoms with Gasteiger partial charge in [0.05, 0.1) is 0 Å². The van der Waals surface area contributed by atoms with Crippen LogP contribution in [-0.2, 0) is 0 Å². The molecule has 0 saturated carbocycles. The highest BCUT2D eigenvalue weighted by molar-refractivity contribution is 5.41. The van der Waals surface area contributed by atoms with Crippen LogP contribution >= 0.6 is 0 Å². The van der Waals surface area contributed by atoms with E-state index >= 15 is 0 Å². The van der Waals surface area contributed by atoms with Gasteiger partial charge in [0.2, 0.25) is 0 Å². The maximum Gasteiger partial charge on any atom is -0.0239 e. The van der Waals surface area contributed by atoms with Gasteiger partial charge < -0.3 is 0 Å². The molecule has 2 aliphatic rings. The molecule has 0 nitrogen and oxygen atoms in total. The molecular weight excluding hydrogens is 156 g/mol. The van der Waals surface area contributed by atoms with Gasteiger partial charge in [0.25, 0.3) is 0 Å². The summed E-state index contributed by atoms with van der Waals surface area (Å²) in [7, 11) is 0. The minimum absolute atomic E-state index is 0.736. The van der Waals surface area contributed by atoms with Crippen LogP contribution in [0.1, 0.15) is 39.5 Å². The molecular formula is C13H18. The lowest BCUT2D eigenvalue weighted by molar-refractivity contribution is 0.692. The van der Waals surface area contributed by atoms with E-state index in [4.69, 9.17) is 0 Å². The van der Waals surface area contributed by atoms with Gasteiger partial charge >= 0.3 is 0 Å². The topological polar surface area (TPSA) is 0 Å². The van der Waals surface area contributed by atoms with E-state index in [1.165, 1.54) is 25.7 Å². The third-order valence-corrected chi connectivity index (χ3v) is 3.10. The molecule has 70 valence electrons. The second-order valence-electron chi connectivity index (χ2n) is 4.37. The Balaban J connectivity index is 2.26. The van der Waals surface area contributed by atoms with Crippen molar-refractivity contribution in [3.8, 4) is 0 Å². The Morgan fingerprint density at radius 3 is 2.69 bits per heavy atom. The van der Waals surface area contributed by atoms with Crippen molar-refractivity contribution in [1.82, 2.24) is 0 Å². The fourth-order valence-electron chi connectivity index (χ4n) is 2.17. The van der Waals surface area contributed by atoms with Crippen molar-refractivity contribution in [2.24, 2.45) is 5.92 Å². The van der Waals surface area contributed by atoms with Crippen molar-refractivity contribution in [3.05, 3.63) is 34.9 Å². The highest BCUT2D eigenvalue weighted by Crippen LogP contribution is 2.33. The molecule has 0 heteroatoms. The lowest BCUT2D eigenvalue weighted by Crippen LogP contribution is -2.04. The van der Waals surface area contributed by atoms with Gasteiger partial charge in [-0.3, -0.25) is 0 Å². The van der Waals surface area contributed by atoms with E-state index in [2.05, 4.69) is 32.1 Å². The quantitative estimate of drug-likeness (QED) is 0.563. The van der Waals surface area contributed by atoms with E-state index in [1.54, 1.807) is 16.7 Å². The van der Waals surface area contributed by atoms with Crippen molar-refractivity contribution in [2.75, 3.05) is 0 Å². The van der Waals surface area contributed by atoms with Gasteiger partial charge in [-0.15, -0.1) is 0 Å². The summed E-state index contributed by atoms with van der Waals surface area (Å²) in [5.41, 5.74) is 4.85. The van der Waals surface area contributed by atoms with Crippen LogP contribution in [0.25, 0.3) is 0 Å². The summed E-state index contributed by atoms with van der Waals surface area (Å²) in [5, 5.41) is 0. The van der Waals surface area contributed by atoms with Crippen molar-refractivity contribution in [2.45, 2.75) is 39.5 Å². The standard InChI is InChI=1S/C13H18/c1-10(2)12-8-7-11-5-3-4-6-13(11)9-12/h3,5,9-10H,4,6-8H2,1-2H3. The fraction of sp³-hybridized carbons (Fsp3) is 0.538. The maximum atomic E-state index is 2.45. The first-order chi connectivity index (χ1) is 6.27.